The number of rotatable bonds is 23. The quantitative estimate of drug-likeness (QED) is 0.0858. The number of nitrogens with one attached hydrogen (secondary N) is 2. The minimum absolute atomic E-state index is 0.0493. The molecule has 0 aliphatic carbocycles. The van der Waals surface area contributed by atoms with E-state index in [0.29, 0.717) is 115 Å². The Labute approximate surface area is 475 Å². The van der Waals surface area contributed by atoms with E-state index in [0.717, 1.165) is 47.9 Å². The van der Waals surface area contributed by atoms with Crippen LogP contribution in [0.15, 0.2) is 109 Å². The molecule has 6 atom stereocenters. The van der Waals surface area contributed by atoms with Gasteiger partial charge in [-0.3, -0.25) is 33.7 Å². The molecule has 17 heteroatoms. The second kappa shape index (κ2) is 28.8. The fourth-order valence-electron chi connectivity index (χ4n) is 11.7. The zero-order valence-electron chi connectivity index (χ0n) is 47.7. The predicted octanol–water partition coefficient (Wildman–Crippen LogP) is 5.88. The van der Waals surface area contributed by atoms with Crippen molar-refractivity contribution >= 4 is 43.4 Å². The molecule has 426 valence electrons. The number of carbonyl (C=O) groups is 6. The number of ether oxygens (including phenoxy) is 2. The summed E-state index contributed by atoms with van der Waals surface area (Å²) >= 11 is 0. The van der Waals surface area contributed by atoms with Crippen molar-refractivity contribution in [3.8, 4) is 11.1 Å². The first-order chi connectivity index (χ1) is 38.7. The Morgan fingerprint density at radius 1 is 0.537 bits per heavy atom. The Morgan fingerprint density at radius 3 is 1.27 bits per heavy atom. The van der Waals surface area contributed by atoms with Crippen LogP contribution in [0.25, 0.3) is 11.1 Å². The Morgan fingerprint density at radius 2 is 0.912 bits per heavy atom. The minimum atomic E-state index is -0.735. The number of hydrogen-bond acceptors (Lipinski definition) is 10. The van der Waals surface area contributed by atoms with Gasteiger partial charge in [-0.25, -0.2) is 0 Å². The van der Waals surface area contributed by atoms with E-state index in [2.05, 4.69) is 34.9 Å². The molecule has 2 N–H and O–H groups in total. The Balaban J connectivity index is 0.971. The largest absolute Gasteiger partial charge is 0.381 e. The van der Waals surface area contributed by atoms with Crippen molar-refractivity contribution in [3.63, 3.8) is 0 Å². The fourth-order valence-corrected chi connectivity index (χ4v) is 11.7. The lowest BCUT2D eigenvalue weighted by Crippen LogP contribution is -2.58. The van der Waals surface area contributed by atoms with Crippen LogP contribution in [-0.4, -0.2) is 196 Å². The molecule has 4 aromatic carbocycles. The van der Waals surface area contributed by atoms with Crippen molar-refractivity contribution in [3.05, 3.63) is 131 Å². The van der Waals surface area contributed by atoms with E-state index in [1.54, 1.807) is 14.0 Å². The van der Waals surface area contributed by atoms with Gasteiger partial charge in [0.15, 0.2) is 7.98 Å². The Bertz CT molecular complexity index is 2480. The number of carbonyl (C=O) groups excluding carboxylic acids is 6. The third-order valence-electron chi connectivity index (χ3n) is 17.1. The molecule has 4 fully saturated rings. The molecule has 80 heavy (non-hydrogen) atoms. The van der Waals surface area contributed by atoms with Crippen molar-refractivity contribution in [2.24, 2.45) is 11.8 Å². The molecule has 4 aromatic rings. The molecule has 8 rings (SSSR count). The van der Waals surface area contributed by atoms with E-state index in [-0.39, 0.29) is 59.4 Å². The highest BCUT2D eigenvalue weighted by atomic mass is 16.5. The van der Waals surface area contributed by atoms with Gasteiger partial charge >= 0.3 is 0 Å². The van der Waals surface area contributed by atoms with Crippen LogP contribution in [0, 0.1) is 11.8 Å². The molecular formula is C63H83BN8O8. The molecule has 0 unspecified atom stereocenters. The van der Waals surface area contributed by atoms with Gasteiger partial charge in [-0.15, -0.1) is 0 Å². The lowest BCUT2D eigenvalue weighted by Gasteiger charge is -2.37. The highest BCUT2D eigenvalue weighted by Crippen LogP contribution is 2.29. The normalized spacial score (nSPS) is 19.5. The van der Waals surface area contributed by atoms with E-state index in [9.17, 15) is 28.8 Å². The lowest BCUT2D eigenvalue weighted by atomic mass is 9.90. The van der Waals surface area contributed by atoms with Gasteiger partial charge in [-0.1, -0.05) is 84.9 Å². The van der Waals surface area contributed by atoms with Crippen LogP contribution in [0.3, 0.4) is 0 Å². The molecule has 4 aliphatic rings. The van der Waals surface area contributed by atoms with Gasteiger partial charge < -0.3 is 44.5 Å². The van der Waals surface area contributed by atoms with Crippen molar-refractivity contribution < 1.29 is 38.2 Å². The summed E-state index contributed by atoms with van der Waals surface area (Å²) in [5.41, 5.74) is 5.03. The Hall–Kier alpha value is -6.40. The molecular weight excluding hydrogens is 1010 g/mol. The van der Waals surface area contributed by atoms with Gasteiger partial charge in [0.1, 0.15) is 12.1 Å². The van der Waals surface area contributed by atoms with Gasteiger partial charge in [0.2, 0.25) is 23.6 Å². The number of hydrogen-bond donors (Lipinski definition) is 2. The summed E-state index contributed by atoms with van der Waals surface area (Å²) in [6, 6.07) is 32.4. The maximum atomic E-state index is 14.7. The van der Waals surface area contributed by atoms with E-state index < -0.39 is 24.2 Å². The van der Waals surface area contributed by atoms with Crippen molar-refractivity contribution in [1.29, 1.82) is 0 Å². The number of benzene rings is 4. The average molecular weight is 1090 g/mol. The van der Waals surface area contributed by atoms with Gasteiger partial charge in [-0.05, 0) is 158 Å². The van der Waals surface area contributed by atoms with Gasteiger partial charge in [0.25, 0.3) is 11.8 Å². The predicted molar refractivity (Wildman–Crippen MR) is 311 cm³/mol. The number of likely N-dealkylation sites (N-methyl/N-ethyl adjacent to an activating group) is 2. The summed E-state index contributed by atoms with van der Waals surface area (Å²) in [6.07, 6.45) is 7.01. The maximum Gasteiger partial charge on any atom is 0.253 e. The van der Waals surface area contributed by atoms with E-state index >= 15 is 0 Å². The van der Waals surface area contributed by atoms with Crippen LogP contribution >= 0.6 is 0 Å². The molecule has 16 nitrogen and oxygen atoms in total. The highest BCUT2D eigenvalue weighted by molar-refractivity contribution is 6.06. The first kappa shape index (κ1) is 59.7. The average Bonchev–Trinajstić information content (AvgIpc) is 4.17. The summed E-state index contributed by atoms with van der Waals surface area (Å²) in [6.45, 7) is 8.36. The van der Waals surface area contributed by atoms with Crippen LogP contribution in [-0.2, 0) is 41.5 Å². The smallest absolute Gasteiger partial charge is 0.253 e. The Kier molecular flexibility index (Phi) is 21.5. The van der Waals surface area contributed by atoms with Crippen molar-refractivity contribution in [2.45, 2.75) is 114 Å². The zero-order chi connectivity index (χ0) is 56.7. The second-order valence-corrected chi connectivity index (χ2v) is 22.6. The summed E-state index contributed by atoms with van der Waals surface area (Å²) < 4.78 is 11.3. The number of amides is 6. The third-order valence-corrected chi connectivity index (χ3v) is 17.1. The van der Waals surface area contributed by atoms with Crippen LogP contribution in [0.1, 0.15) is 97.1 Å². The molecule has 4 heterocycles. The molecule has 6 amide bonds. The summed E-state index contributed by atoms with van der Waals surface area (Å²) in [5.74, 6) is -1.12. The molecule has 0 aromatic heterocycles. The zero-order valence-corrected chi connectivity index (χ0v) is 47.7. The first-order valence-corrected chi connectivity index (χ1v) is 29.0. The standard InChI is InChI=1S/C63H83BN8O8/c1-44(67(3)4)58(73)65-56(50-30-38-79-39-31-50)62(77)71-34-12-18-54(71)42-69(36-28-46-14-8-6-9-15-46)60(75)52-24-20-48(21-25-52)49-22-26-53(27-23-49)61(76)70(37-29-47-16-10-7-11-17-47)43-55-19-13-35-72(55)63(78)57(51-32-40-80-41-33-51)66-59(74)45(2)68(5)64/h6-11,14-17,20-27,44-45,50-51,54-57H,12-13,18-19,28-43H2,1-5H3,(H,65,73)(H,66,74)/t44-,45-,54-,55-,56-,57-/m0/s1. The lowest BCUT2D eigenvalue weighted by molar-refractivity contribution is -0.141. The molecule has 0 spiro atoms. The number of nitrogens with zero attached hydrogens (tertiary/aromatic N) is 6. The fraction of sp³-hybridized carbons (Fsp3) is 0.524. The number of likely N-dealkylation sites (tertiary alicyclic amines) is 2. The monoisotopic (exact) mass is 1090 g/mol. The summed E-state index contributed by atoms with van der Waals surface area (Å²) in [4.78, 5) is 96.2. The molecule has 0 bridgehead atoms. The molecule has 2 radical (unpaired) electrons. The van der Waals surface area contributed by atoms with E-state index in [4.69, 9.17) is 17.5 Å². The minimum Gasteiger partial charge on any atom is -0.381 e. The van der Waals surface area contributed by atoms with Crippen LogP contribution in [0.4, 0.5) is 0 Å². The summed E-state index contributed by atoms with van der Waals surface area (Å²) in [5, 5.41) is 6.20. The molecule has 0 saturated carbocycles. The highest BCUT2D eigenvalue weighted by Gasteiger charge is 2.42. The van der Waals surface area contributed by atoms with Crippen molar-refractivity contribution in [1.82, 2.24) is 39.9 Å². The molecule has 4 aliphatic heterocycles. The third kappa shape index (κ3) is 15.5. The van der Waals surface area contributed by atoms with Gasteiger partial charge in [-0.2, -0.15) is 0 Å². The first-order valence-electron chi connectivity index (χ1n) is 29.0. The van der Waals surface area contributed by atoms with Crippen LogP contribution in [0.2, 0.25) is 0 Å². The van der Waals surface area contributed by atoms with E-state index in [1.165, 1.54) is 4.81 Å². The van der Waals surface area contributed by atoms with Crippen LogP contribution in [0.5, 0.6) is 0 Å². The topological polar surface area (TPSA) is 164 Å². The molecule has 4 saturated heterocycles. The van der Waals surface area contributed by atoms with Crippen LogP contribution < -0.4 is 10.6 Å². The van der Waals surface area contributed by atoms with Gasteiger partial charge in [0.05, 0.1) is 12.1 Å². The van der Waals surface area contributed by atoms with Gasteiger partial charge in [0, 0.05) is 88.9 Å². The SMILES string of the molecule is [B]N(C)[C@@H](C)C(=O)N[C@H](C(=O)N1CCC[C@H]1CN(CCc1ccccc1)C(=O)c1ccc(-c2ccc(C(=O)N(CCc3ccccc3)C[C@@H]3CCCN3C(=O)[C@@H](NC(=O)[C@H](C)N(C)C)C3CCOCC3)cc2)cc1)C1CCOCC1. The summed E-state index contributed by atoms with van der Waals surface area (Å²) in [7, 11) is 11.3. The second-order valence-electron chi connectivity index (χ2n) is 22.6. The van der Waals surface area contributed by atoms with Crippen molar-refractivity contribution in [2.75, 3.05) is 86.8 Å². The maximum absolute atomic E-state index is 14.7. The van der Waals surface area contributed by atoms with E-state index in [1.807, 2.05) is 130 Å².